The molecular weight excluding hydrogens is 274 g/mol. The zero-order valence-corrected chi connectivity index (χ0v) is 12.4. The molecule has 1 heterocycles. The van der Waals surface area contributed by atoms with E-state index in [2.05, 4.69) is 15.5 Å². The molecule has 5 nitrogen and oxygen atoms in total. The van der Waals surface area contributed by atoms with Gasteiger partial charge in [0.1, 0.15) is 10.8 Å². The minimum atomic E-state index is -0.0208. The minimum Gasteiger partial charge on any atom is -0.496 e. The Bertz CT molecular complexity index is 583. The predicted molar refractivity (Wildman–Crippen MR) is 79.2 cm³/mol. The fourth-order valence-electron chi connectivity index (χ4n) is 1.80. The first-order chi connectivity index (χ1) is 9.72. The molecule has 1 N–H and O–H groups in total. The second kappa shape index (κ2) is 7.00. The molecule has 0 saturated carbocycles. The normalized spacial score (nSPS) is 10.3. The number of ether oxygens (including phenoxy) is 1. The van der Waals surface area contributed by atoms with Crippen LogP contribution in [0.25, 0.3) is 0 Å². The summed E-state index contributed by atoms with van der Waals surface area (Å²) in [5.41, 5.74) is 1.05. The lowest BCUT2D eigenvalue weighted by atomic mass is 10.1. The van der Waals surface area contributed by atoms with Crippen molar-refractivity contribution in [2.24, 2.45) is 0 Å². The van der Waals surface area contributed by atoms with Crippen LogP contribution in [0.4, 0.5) is 5.13 Å². The van der Waals surface area contributed by atoms with E-state index in [0.717, 1.165) is 22.7 Å². The Kier molecular flexibility index (Phi) is 5.06. The molecule has 1 aromatic heterocycles. The number of anilines is 1. The summed E-state index contributed by atoms with van der Waals surface area (Å²) in [6, 6.07) is 7.80. The monoisotopic (exact) mass is 291 g/mol. The zero-order valence-electron chi connectivity index (χ0n) is 11.5. The van der Waals surface area contributed by atoms with E-state index in [-0.39, 0.29) is 5.91 Å². The highest BCUT2D eigenvalue weighted by Crippen LogP contribution is 2.24. The van der Waals surface area contributed by atoms with Gasteiger partial charge in [0.25, 0.3) is 0 Å². The molecule has 106 valence electrons. The van der Waals surface area contributed by atoms with Gasteiger partial charge in [0.15, 0.2) is 0 Å². The number of carbonyl (C=O) groups excluding carboxylic acids is 1. The average Bonchev–Trinajstić information content (AvgIpc) is 2.87. The Balaban J connectivity index is 2.04. The van der Waals surface area contributed by atoms with Crippen molar-refractivity contribution in [2.75, 3.05) is 12.4 Å². The van der Waals surface area contributed by atoms with Crippen LogP contribution in [0.5, 0.6) is 5.75 Å². The van der Waals surface area contributed by atoms with E-state index in [4.69, 9.17) is 4.74 Å². The van der Waals surface area contributed by atoms with Crippen LogP contribution >= 0.6 is 11.3 Å². The molecule has 0 saturated heterocycles. The molecular formula is C14H17N3O2S. The third-order valence-electron chi connectivity index (χ3n) is 2.72. The van der Waals surface area contributed by atoms with Crippen LogP contribution in [0.3, 0.4) is 0 Å². The third-order valence-corrected chi connectivity index (χ3v) is 3.56. The lowest BCUT2D eigenvalue weighted by molar-refractivity contribution is -0.116. The van der Waals surface area contributed by atoms with Gasteiger partial charge in [-0.25, -0.2) is 0 Å². The van der Waals surface area contributed by atoms with Gasteiger partial charge >= 0.3 is 0 Å². The first-order valence-electron chi connectivity index (χ1n) is 6.47. The van der Waals surface area contributed by atoms with Gasteiger partial charge in [0.2, 0.25) is 11.0 Å². The molecule has 0 aliphatic rings. The summed E-state index contributed by atoms with van der Waals surface area (Å²) >= 11 is 1.39. The number of nitrogens with zero attached hydrogens (tertiary/aromatic N) is 2. The molecule has 2 aromatic rings. The fraction of sp³-hybridized carbons (Fsp3) is 0.357. The summed E-state index contributed by atoms with van der Waals surface area (Å²) < 4.78 is 5.31. The highest BCUT2D eigenvalue weighted by molar-refractivity contribution is 7.15. The van der Waals surface area contributed by atoms with E-state index < -0.39 is 0 Å². The van der Waals surface area contributed by atoms with Crippen molar-refractivity contribution in [3.63, 3.8) is 0 Å². The van der Waals surface area contributed by atoms with Gasteiger partial charge < -0.3 is 10.1 Å². The lowest BCUT2D eigenvalue weighted by Crippen LogP contribution is -2.10. The number of para-hydroxylation sites is 1. The lowest BCUT2D eigenvalue weighted by Gasteiger charge is -2.05. The maximum atomic E-state index is 11.5. The van der Waals surface area contributed by atoms with Gasteiger partial charge in [-0.15, -0.1) is 10.2 Å². The summed E-state index contributed by atoms with van der Waals surface area (Å²) in [7, 11) is 1.65. The van der Waals surface area contributed by atoms with Gasteiger partial charge in [-0.2, -0.15) is 0 Å². The van der Waals surface area contributed by atoms with E-state index in [1.165, 1.54) is 11.3 Å². The van der Waals surface area contributed by atoms with Crippen molar-refractivity contribution in [3.05, 3.63) is 34.8 Å². The molecule has 0 unspecified atom stereocenters. The molecule has 0 radical (unpaired) electrons. The summed E-state index contributed by atoms with van der Waals surface area (Å²) in [4.78, 5) is 11.5. The van der Waals surface area contributed by atoms with Gasteiger partial charge in [0, 0.05) is 18.4 Å². The highest BCUT2D eigenvalue weighted by atomic mass is 32.1. The molecule has 0 aliphatic heterocycles. The summed E-state index contributed by atoms with van der Waals surface area (Å²) in [5, 5.41) is 12.2. The van der Waals surface area contributed by atoms with Crippen molar-refractivity contribution >= 4 is 22.4 Å². The van der Waals surface area contributed by atoms with Crippen molar-refractivity contribution in [3.8, 4) is 5.75 Å². The number of methoxy groups -OCH3 is 1. The molecule has 2 rings (SSSR count). The first kappa shape index (κ1) is 14.5. The van der Waals surface area contributed by atoms with E-state index in [1.807, 2.05) is 31.2 Å². The van der Waals surface area contributed by atoms with Crippen LogP contribution in [-0.4, -0.2) is 23.2 Å². The van der Waals surface area contributed by atoms with Gasteiger partial charge in [-0.05, 0) is 12.5 Å². The Morgan fingerprint density at radius 2 is 2.15 bits per heavy atom. The molecule has 0 spiro atoms. The molecule has 0 fully saturated rings. The molecule has 0 aliphatic carbocycles. The van der Waals surface area contributed by atoms with E-state index in [0.29, 0.717) is 18.0 Å². The molecule has 1 amide bonds. The van der Waals surface area contributed by atoms with Crippen LogP contribution in [0.15, 0.2) is 24.3 Å². The van der Waals surface area contributed by atoms with Crippen molar-refractivity contribution in [2.45, 2.75) is 26.2 Å². The number of rotatable bonds is 6. The second-order valence-electron chi connectivity index (χ2n) is 4.29. The standard InChI is InChI=1S/C14H17N3O2S/c1-3-6-12(18)15-14-17-16-13(20-14)9-10-7-4-5-8-11(10)19-2/h4-5,7-8H,3,6,9H2,1-2H3,(H,15,17,18). The second-order valence-corrected chi connectivity index (χ2v) is 5.35. The highest BCUT2D eigenvalue weighted by Gasteiger charge is 2.10. The summed E-state index contributed by atoms with van der Waals surface area (Å²) in [6.07, 6.45) is 1.96. The van der Waals surface area contributed by atoms with Gasteiger partial charge in [-0.3, -0.25) is 4.79 Å². The quantitative estimate of drug-likeness (QED) is 0.889. The zero-order chi connectivity index (χ0) is 14.4. The maximum Gasteiger partial charge on any atom is 0.226 e. The number of amides is 1. The third kappa shape index (κ3) is 3.77. The maximum absolute atomic E-state index is 11.5. The Labute approximate surface area is 122 Å². The van der Waals surface area contributed by atoms with E-state index >= 15 is 0 Å². The SMILES string of the molecule is CCCC(=O)Nc1nnc(Cc2ccccc2OC)s1. The van der Waals surface area contributed by atoms with E-state index in [1.54, 1.807) is 7.11 Å². The van der Waals surface area contributed by atoms with Crippen molar-refractivity contribution in [1.29, 1.82) is 0 Å². The average molecular weight is 291 g/mol. The number of carbonyl (C=O) groups is 1. The molecule has 1 aromatic carbocycles. The number of nitrogens with one attached hydrogen (secondary N) is 1. The Hall–Kier alpha value is -1.95. The van der Waals surface area contributed by atoms with Crippen LogP contribution in [0, 0.1) is 0 Å². The molecule has 6 heteroatoms. The molecule has 20 heavy (non-hydrogen) atoms. The minimum absolute atomic E-state index is 0.0208. The molecule has 0 atom stereocenters. The summed E-state index contributed by atoms with van der Waals surface area (Å²) in [6.45, 7) is 1.97. The largest absolute Gasteiger partial charge is 0.496 e. The first-order valence-corrected chi connectivity index (χ1v) is 7.28. The number of hydrogen-bond donors (Lipinski definition) is 1. The topological polar surface area (TPSA) is 64.1 Å². The smallest absolute Gasteiger partial charge is 0.226 e. The Morgan fingerprint density at radius 1 is 1.35 bits per heavy atom. The number of hydrogen-bond acceptors (Lipinski definition) is 5. The number of benzene rings is 1. The van der Waals surface area contributed by atoms with Crippen LogP contribution < -0.4 is 10.1 Å². The van der Waals surface area contributed by atoms with Crippen LogP contribution in [-0.2, 0) is 11.2 Å². The fourth-order valence-corrected chi connectivity index (χ4v) is 2.58. The van der Waals surface area contributed by atoms with E-state index in [9.17, 15) is 4.79 Å². The van der Waals surface area contributed by atoms with Crippen molar-refractivity contribution < 1.29 is 9.53 Å². The number of aromatic nitrogens is 2. The summed E-state index contributed by atoms with van der Waals surface area (Å²) in [5.74, 6) is 0.812. The van der Waals surface area contributed by atoms with Crippen molar-refractivity contribution in [1.82, 2.24) is 10.2 Å². The van der Waals surface area contributed by atoms with Gasteiger partial charge in [-0.1, -0.05) is 36.5 Å². The molecule has 0 bridgehead atoms. The van der Waals surface area contributed by atoms with Crippen LogP contribution in [0.1, 0.15) is 30.3 Å². The predicted octanol–water partition coefficient (Wildman–Crippen LogP) is 2.88. The van der Waals surface area contributed by atoms with Crippen LogP contribution in [0.2, 0.25) is 0 Å². The van der Waals surface area contributed by atoms with Gasteiger partial charge in [0.05, 0.1) is 7.11 Å². The Morgan fingerprint density at radius 3 is 2.90 bits per heavy atom.